The minimum absolute atomic E-state index is 0.0297. The van der Waals surface area contributed by atoms with E-state index in [1.54, 1.807) is 0 Å². The van der Waals surface area contributed by atoms with Gasteiger partial charge in [0, 0.05) is 19.2 Å². The van der Waals surface area contributed by atoms with Crippen LogP contribution in [-0.4, -0.2) is 59.3 Å². The minimum Gasteiger partial charge on any atom is -0.476 e. The lowest BCUT2D eigenvalue weighted by atomic mass is 10.3. The van der Waals surface area contributed by atoms with E-state index < -0.39 is 5.97 Å². The Hall–Kier alpha value is -1.40. The molecule has 0 aliphatic carbocycles. The number of carboxylic acids is 1. The lowest BCUT2D eigenvalue weighted by Gasteiger charge is -2.20. The summed E-state index contributed by atoms with van der Waals surface area (Å²) in [5, 5.41) is 12.2. The van der Waals surface area contributed by atoms with Crippen LogP contribution in [0.5, 0.6) is 0 Å². The third-order valence-electron chi connectivity index (χ3n) is 3.20. The molecular formula is C12H19N3O3. The molecule has 0 atom stereocenters. The smallest absolute Gasteiger partial charge is 0.358 e. The maximum Gasteiger partial charge on any atom is 0.358 e. The Kier molecular flexibility index (Phi) is 4.33. The molecule has 0 aromatic carbocycles. The molecule has 1 aromatic heterocycles. The maximum atomic E-state index is 10.7. The predicted molar refractivity (Wildman–Crippen MR) is 65.5 cm³/mol. The molecule has 0 amide bonds. The van der Waals surface area contributed by atoms with Crippen LogP contribution in [-0.2, 0) is 6.54 Å². The molecule has 2 heterocycles. The minimum atomic E-state index is -1.05. The fourth-order valence-corrected chi connectivity index (χ4v) is 2.15. The molecule has 100 valence electrons. The number of likely N-dealkylation sites (N-methyl/N-ethyl adjacent to an activating group) is 1. The van der Waals surface area contributed by atoms with Gasteiger partial charge in [-0.3, -0.25) is 4.90 Å². The van der Waals surface area contributed by atoms with Crippen LogP contribution >= 0.6 is 0 Å². The van der Waals surface area contributed by atoms with E-state index in [1.807, 2.05) is 7.05 Å². The average Bonchev–Trinajstić information content (AvgIpc) is 2.96. The van der Waals surface area contributed by atoms with Crippen LogP contribution in [0.1, 0.15) is 29.1 Å². The molecule has 1 aromatic rings. The van der Waals surface area contributed by atoms with Gasteiger partial charge in [0.2, 0.25) is 0 Å². The first-order chi connectivity index (χ1) is 8.65. The lowest BCUT2D eigenvalue weighted by molar-refractivity contribution is 0.0685. The highest BCUT2D eigenvalue weighted by Gasteiger charge is 2.14. The largest absolute Gasteiger partial charge is 0.476 e. The summed E-state index contributed by atoms with van der Waals surface area (Å²) in [6.07, 6.45) is 2.60. The summed E-state index contributed by atoms with van der Waals surface area (Å²) in [5.74, 6) is -0.457. The van der Waals surface area contributed by atoms with Gasteiger partial charge in [-0.25, -0.2) is 4.79 Å². The zero-order chi connectivity index (χ0) is 13.0. The predicted octanol–water partition coefficient (Wildman–Crippen LogP) is 0.900. The highest BCUT2D eigenvalue weighted by Crippen LogP contribution is 2.09. The zero-order valence-electron chi connectivity index (χ0n) is 10.6. The summed E-state index contributed by atoms with van der Waals surface area (Å²) in [7, 11) is 2.00. The zero-order valence-corrected chi connectivity index (χ0v) is 10.6. The summed E-state index contributed by atoms with van der Waals surface area (Å²) in [5.41, 5.74) is -0.0297. The number of nitrogens with zero attached hydrogens (tertiary/aromatic N) is 3. The Labute approximate surface area is 106 Å². The Balaban J connectivity index is 1.75. The van der Waals surface area contributed by atoms with Crippen LogP contribution in [0.2, 0.25) is 0 Å². The monoisotopic (exact) mass is 253 g/mol. The van der Waals surface area contributed by atoms with Gasteiger partial charge in [-0.1, -0.05) is 5.16 Å². The number of aromatic nitrogens is 1. The van der Waals surface area contributed by atoms with E-state index in [0.29, 0.717) is 12.3 Å². The van der Waals surface area contributed by atoms with Gasteiger partial charge in [0.05, 0.1) is 6.54 Å². The summed E-state index contributed by atoms with van der Waals surface area (Å²) >= 11 is 0. The van der Waals surface area contributed by atoms with Crippen LogP contribution in [0.15, 0.2) is 10.6 Å². The van der Waals surface area contributed by atoms with Crippen molar-refractivity contribution in [2.24, 2.45) is 0 Å². The molecule has 1 saturated heterocycles. The third kappa shape index (κ3) is 3.54. The second-order valence-corrected chi connectivity index (χ2v) is 4.77. The fraction of sp³-hybridized carbons (Fsp3) is 0.667. The average molecular weight is 253 g/mol. The van der Waals surface area contributed by atoms with Crippen molar-refractivity contribution in [3.8, 4) is 0 Å². The van der Waals surface area contributed by atoms with Crippen molar-refractivity contribution in [3.05, 3.63) is 17.5 Å². The molecule has 6 heteroatoms. The first-order valence-corrected chi connectivity index (χ1v) is 6.25. The van der Waals surface area contributed by atoms with Crippen molar-refractivity contribution in [1.82, 2.24) is 15.0 Å². The van der Waals surface area contributed by atoms with Gasteiger partial charge >= 0.3 is 5.97 Å². The highest BCUT2D eigenvalue weighted by atomic mass is 16.5. The van der Waals surface area contributed by atoms with E-state index in [9.17, 15) is 4.79 Å². The molecule has 1 aliphatic rings. The maximum absolute atomic E-state index is 10.7. The van der Waals surface area contributed by atoms with Crippen LogP contribution in [0.25, 0.3) is 0 Å². The van der Waals surface area contributed by atoms with Gasteiger partial charge in [0.25, 0.3) is 0 Å². The number of likely N-dealkylation sites (tertiary alicyclic amines) is 1. The van der Waals surface area contributed by atoms with Crippen molar-refractivity contribution in [3.63, 3.8) is 0 Å². The van der Waals surface area contributed by atoms with Gasteiger partial charge in [-0.2, -0.15) is 0 Å². The summed E-state index contributed by atoms with van der Waals surface area (Å²) in [6.45, 7) is 4.98. The third-order valence-corrected chi connectivity index (χ3v) is 3.20. The van der Waals surface area contributed by atoms with E-state index in [4.69, 9.17) is 9.63 Å². The van der Waals surface area contributed by atoms with Crippen molar-refractivity contribution < 1.29 is 14.4 Å². The molecule has 0 bridgehead atoms. The molecule has 0 saturated carbocycles. The number of carboxylic acid groups (broad SMARTS) is 1. The number of carbonyl (C=O) groups is 1. The summed E-state index contributed by atoms with van der Waals surface area (Å²) in [4.78, 5) is 15.2. The Bertz CT molecular complexity index is 399. The van der Waals surface area contributed by atoms with Crippen LogP contribution < -0.4 is 0 Å². The molecule has 2 rings (SSSR count). The Morgan fingerprint density at radius 1 is 1.56 bits per heavy atom. The number of hydrogen-bond acceptors (Lipinski definition) is 5. The van der Waals surface area contributed by atoms with Gasteiger partial charge in [-0.15, -0.1) is 0 Å². The molecule has 1 aliphatic heterocycles. The topological polar surface area (TPSA) is 69.8 Å². The number of hydrogen-bond donors (Lipinski definition) is 1. The number of rotatable bonds is 6. The second kappa shape index (κ2) is 5.97. The van der Waals surface area contributed by atoms with E-state index in [1.165, 1.54) is 32.0 Å². The van der Waals surface area contributed by atoms with E-state index >= 15 is 0 Å². The second-order valence-electron chi connectivity index (χ2n) is 4.77. The van der Waals surface area contributed by atoms with Crippen molar-refractivity contribution in [2.45, 2.75) is 19.4 Å². The first kappa shape index (κ1) is 13.0. The quantitative estimate of drug-likeness (QED) is 0.812. The fourth-order valence-electron chi connectivity index (χ4n) is 2.15. The molecule has 6 nitrogen and oxygen atoms in total. The SMILES string of the molecule is CN(CCN1CCCC1)Cc1cc(C(=O)O)no1. The van der Waals surface area contributed by atoms with Crippen LogP contribution in [0, 0.1) is 0 Å². The molecule has 0 unspecified atom stereocenters. The standard InChI is InChI=1S/C12H19N3O3/c1-14(6-7-15-4-2-3-5-15)9-10-8-11(12(16)17)13-18-10/h8H,2-7,9H2,1H3,(H,16,17). The van der Waals surface area contributed by atoms with Crippen molar-refractivity contribution in [1.29, 1.82) is 0 Å². The molecule has 1 fully saturated rings. The molecular weight excluding hydrogens is 234 g/mol. The lowest BCUT2D eigenvalue weighted by Crippen LogP contribution is -2.31. The van der Waals surface area contributed by atoms with Gasteiger partial charge < -0.3 is 14.5 Å². The van der Waals surface area contributed by atoms with Gasteiger partial charge in [0.1, 0.15) is 0 Å². The van der Waals surface area contributed by atoms with E-state index in [-0.39, 0.29) is 5.69 Å². The van der Waals surface area contributed by atoms with Crippen LogP contribution in [0.3, 0.4) is 0 Å². The Morgan fingerprint density at radius 2 is 2.28 bits per heavy atom. The Morgan fingerprint density at radius 3 is 2.89 bits per heavy atom. The van der Waals surface area contributed by atoms with Crippen LogP contribution in [0.4, 0.5) is 0 Å². The highest BCUT2D eigenvalue weighted by molar-refractivity contribution is 5.85. The summed E-state index contributed by atoms with van der Waals surface area (Å²) < 4.78 is 4.98. The van der Waals surface area contributed by atoms with E-state index in [2.05, 4.69) is 15.0 Å². The number of aromatic carboxylic acids is 1. The van der Waals surface area contributed by atoms with Crippen molar-refractivity contribution in [2.75, 3.05) is 33.2 Å². The van der Waals surface area contributed by atoms with Gasteiger partial charge in [0.15, 0.2) is 11.5 Å². The molecule has 18 heavy (non-hydrogen) atoms. The van der Waals surface area contributed by atoms with E-state index in [0.717, 1.165) is 13.1 Å². The summed E-state index contributed by atoms with van der Waals surface area (Å²) in [6, 6.07) is 1.48. The molecule has 0 spiro atoms. The first-order valence-electron chi connectivity index (χ1n) is 6.25. The normalized spacial score (nSPS) is 16.6. The molecule has 0 radical (unpaired) electrons. The van der Waals surface area contributed by atoms with Gasteiger partial charge in [-0.05, 0) is 33.0 Å². The van der Waals surface area contributed by atoms with Crippen molar-refractivity contribution >= 4 is 5.97 Å². The molecule has 1 N–H and O–H groups in total.